The number of benzene rings is 2. The summed E-state index contributed by atoms with van der Waals surface area (Å²) in [6.07, 6.45) is 3.78. The van der Waals surface area contributed by atoms with Crippen molar-refractivity contribution in [1.29, 1.82) is 0 Å². The Labute approximate surface area is 152 Å². The molecule has 2 nitrogen and oxygen atoms in total. The molecular weight excluding hydrogens is 308 g/mol. The van der Waals surface area contributed by atoms with E-state index in [-0.39, 0.29) is 5.41 Å². The number of aromatic hydroxyl groups is 2. The molecule has 2 heteroatoms. The highest BCUT2D eigenvalue weighted by molar-refractivity contribution is 5.51. The van der Waals surface area contributed by atoms with Gasteiger partial charge in [-0.3, -0.25) is 0 Å². The molecule has 0 aliphatic carbocycles. The molecule has 0 saturated carbocycles. The minimum Gasteiger partial charge on any atom is -0.507 e. The van der Waals surface area contributed by atoms with Gasteiger partial charge in [-0.05, 0) is 60.1 Å². The van der Waals surface area contributed by atoms with E-state index in [9.17, 15) is 10.2 Å². The van der Waals surface area contributed by atoms with Crippen LogP contribution >= 0.6 is 0 Å². The van der Waals surface area contributed by atoms with Gasteiger partial charge in [0.15, 0.2) is 0 Å². The number of hydrogen-bond donors (Lipinski definition) is 2. The summed E-state index contributed by atoms with van der Waals surface area (Å²) in [6.45, 7) is 12.6. The van der Waals surface area contributed by atoms with E-state index in [4.69, 9.17) is 0 Å². The molecule has 2 rings (SSSR count). The summed E-state index contributed by atoms with van der Waals surface area (Å²) in [5.74, 6) is 0.852. The van der Waals surface area contributed by atoms with Crippen LogP contribution in [-0.2, 0) is 18.3 Å². The van der Waals surface area contributed by atoms with Crippen molar-refractivity contribution in [1.82, 2.24) is 0 Å². The van der Waals surface area contributed by atoms with E-state index in [0.29, 0.717) is 11.5 Å². The molecule has 0 fully saturated rings. The van der Waals surface area contributed by atoms with Gasteiger partial charge in [-0.2, -0.15) is 0 Å². The number of aryl methyl sites for hydroxylation is 4. The third-order valence-corrected chi connectivity index (χ3v) is 5.24. The first kappa shape index (κ1) is 19.4. The summed E-state index contributed by atoms with van der Waals surface area (Å²) >= 11 is 0. The molecule has 0 atom stereocenters. The number of phenolic OH excluding ortho intramolecular Hbond substituents is 2. The molecule has 2 aromatic carbocycles. The Kier molecular flexibility index (Phi) is 5.82. The van der Waals surface area contributed by atoms with Crippen LogP contribution in [0, 0.1) is 13.8 Å². The lowest BCUT2D eigenvalue weighted by molar-refractivity contribution is 0.461. The van der Waals surface area contributed by atoms with Crippen LogP contribution in [0.1, 0.15) is 73.9 Å². The highest BCUT2D eigenvalue weighted by Gasteiger charge is 2.26. The second-order valence-corrected chi connectivity index (χ2v) is 7.73. The molecule has 136 valence electrons. The zero-order valence-electron chi connectivity index (χ0n) is 16.5. The van der Waals surface area contributed by atoms with Gasteiger partial charge >= 0.3 is 0 Å². The Morgan fingerprint density at radius 2 is 1.08 bits per heavy atom. The van der Waals surface area contributed by atoms with Crippen LogP contribution in [0.5, 0.6) is 11.5 Å². The molecule has 2 aromatic rings. The lowest BCUT2D eigenvalue weighted by Gasteiger charge is -2.29. The van der Waals surface area contributed by atoms with Crippen molar-refractivity contribution in [3.8, 4) is 11.5 Å². The number of hydrogen-bond acceptors (Lipinski definition) is 2. The summed E-state index contributed by atoms with van der Waals surface area (Å²) in [5.41, 5.74) is 6.13. The molecule has 0 aliphatic heterocycles. The highest BCUT2D eigenvalue weighted by atomic mass is 16.3. The highest BCUT2D eigenvalue weighted by Crippen LogP contribution is 2.38. The maximum Gasteiger partial charge on any atom is 0.121 e. The van der Waals surface area contributed by atoms with Gasteiger partial charge in [-0.1, -0.05) is 64.8 Å². The fourth-order valence-corrected chi connectivity index (χ4v) is 3.51. The Morgan fingerprint density at radius 1 is 0.720 bits per heavy atom. The van der Waals surface area contributed by atoms with Gasteiger partial charge in [0.1, 0.15) is 11.5 Å². The van der Waals surface area contributed by atoms with E-state index in [1.165, 1.54) is 11.1 Å². The maximum atomic E-state index is 10.4. The van der Waals surface area contributed by atoms with Crippen LogP contribution in [-0.4, -0.2) is 10.2 Å². The molecule has 25 heavy (non-hydrogen) atoms. The van der Waals surface area contributed by atoms with Crippen LogP contribution in [0.2, 0.25) is 0 Å². The second-order valence-electron chi connectivity index (χ2n) is 7.73. The predicted octanol–water partition coefficient (Wildman–Crippen LogP) is 5.95. The van der Waals surface area contributed by atoms with Crippen molar-refractivity contribution in [3.05, 3.63) is 57.6 Å². The van der Waals surface area contributed by atoms with Gasteiger partial charge in [0.25, 0.3) is 0 Å². The minimum atomic E-state index is -0.193. The fraction of sp³-hybridized carbons (Fsp3) is 0.478. The average Bonchev–Trinajstić information content (AvgIpc) is 2.55. The summed E-state index contributed by atoms with van der Waals surface area (Å²) < 4.78 is 0. The Bertz CT molecular complexity index is 694. The van der Waals surface area contributed by atoms with Crippen molar-refractivity contribution in [2.24, 2.45) is 0 Å². The average molecular weight is 341 g/mol. The van der Waals surface area contributed by atoms with Crippen molar-refractivity contribution in [3.63, 3.8) is 0 Å². The van der Waals surface area contributed by atoms with Gasteiger partial charge < -0.3 is 10.2 Å². The largest absolute Gasteiger partial charge is 0.507 e. The van der Waals surface area contributed by atoms with E-state index >= 15 is 0 Å². The summed E-state index contributed by atoms with van der Waals surface area (Å²) in [6, 6.07) is 8.48. The quantitative estimate of drug-likeness (QED) is 0.682. The molecule has 0 bridgehead atoms. The van der Waals surface area contributed by atoms with E-state index in [0.717, 1.165) is 47.9 Å². The number of phenols is 2. The van der Waals surface area contributed by atoms with Crippen LogP contribution in [0.3, 0.4) is 0 Å². The molecular formula is C23H32O2. The third kappa shape index (κ3) is 3.84. The molecule has 2 N–H and O–H groups in total. The van der Waals surface area contributed by atoms with E-state index in [2.05, 4.69) is 52.0 Å². The summed E-state index contributed by atoms with van der Waals surface area (Å²) in [4.78, 5) is 0. The molecule has 0 saturated heterocycles. The van der Waals surface area contributed by atoms with Gasteiger partial charge in [0.2, 0.25) is 0 Å². The van der Waals surface area contributed by atoms with Crippen molar-refractivity contribution in [2.75, 3.05) is 0 Å². The summed E-state index contributed by atoms with van der Waals surface area (Å²) in [7, 11) is 0. The van der Waals surface area contributed by atoms with Crippen molar-refractivity contribution in [2.45, 2.75) is 72.6 Å². The Morgan fingerprint density at radius 3 is 1.40 bits per heavy atom. The van der Waals surface area contributed by atoms with Crippen molar-refractivity contribution >= 4 is 0 Å². The van der Waals surface area contributed by atoms with E-state index in [1.54, 1.807) is 0 Å². The first-order chi connectivity index (χ1) is 11.7. The Balaban J connectivity index is 2.58. The zero-order valence-corrected chi connectivity index (χ0v) is 16.5. The molecule has 0 aliphatic rings. The van der Waals surface area contributed by atoms with Gasteiger partial charge in [-0.25, -0.2) is 0 Å². The Hall–Kier alpha value is -1.96. The van der Waals surface area contributed by atoms with Gasteiger partial charge in [0.05, 0.1) is 0 Å². The standard InChI is InChI=1S/C23H32O2/c1-7-9-17-13-19(11-15(3)21(17)24)23(5,6)20-12-16(4)22(25)18(14-20)10-8-2/h11-14,24-25H,7-10H2,1-6H3. The van der Waals surface area contributed by atoms with Crippen LogP contribution in [0.4, 0.5) is 0 Å². The van der Waals surface area contributed by atoms with E-state index < -0.39 is 0 Å². The first-order valence-electron chi connectivity index (χ1n) is 9.38. The molecule has 0 amide bonds. The number of rotatable bonds is 6. The lowest BCUT2D eigenvalue weighted by atomic mass is 9.75. The summed E-state index contributed by atoms with van der Waals surface area (Å²) in [5, 5.41) is 20.7. The smallest absolute Gasteiger partial charge is 0.121 e. The molecule has 0 spiro atoms. The molecule has 0 heterocycles. The lowest BCUT2D eigenvalue weighted by Crippen LogP contribution is -2.20. The van der Waals surface area contributed by atoms with Crippen LogP contribution in [0.15, 0.2) is 24.3 Å². The topological polar surface area (TPSA) is 40.5 Å². The minimum absolute atomic E-state index is 0.193. The van der Waals surface area contributed by atoms with E-state index in [1.807, 2.05) is 13.8 Å². The fourth-order valence-electron chi connectivity index (χ4n) is 3.51. The van der Waals surface area contributed by atoms with Gasteiger partial charge in [0, 0.05) is 5.41 Å². The second kappa shape index (κ2) is 7.51. The maximum absolute atomic E-state index is 10.4. The zero-order chi connectivity index (χ0) is 18.8. The molecule has 0 radical (unpaired) electrons. The molecule has 0 unspecified atom stereocenters. The third-order valence-electron chi connectivity index (χ3n) is 5.24. The van der Waals surface area contributed by atoms with Crippen LogP contribution in [0.25, 0.3) is 0 Å². The predicted molar refractivity (Wildman–Crippen MR) is 106 cm³/mol. The van der Waals surface area contributed by atoms with Gasteiger partial charge in [-0.15, -0.1) is 0 Å². The van der Waals surface area contributed by atoms with Crippen molar-refractivity contribution < 1.29 is 10.2 Å². The monoisotopic (exact) mass is 340 g/mol. The molecule has 0 aromatic heterocycles. The first-order valence-corrected chi connectivity index (χ1v) is 9.38. The SMILES string of the molecule is CCCc1cc(C(C)(C)c2cc(C)c(O)c(CCC)c2)cc(C)c1O. The van der Waals surface area contributed by atoms with Crippen LogP contribution < -0.4 is 0 Å². The normalized spacial score (nSPS) is 11.8.